The van der Waals surface area contributed by atoms with Crippen molar-refractivity contribution in [2.75, 3.05) is 67.7 Å². The standard InChI is InChI=1S/C76H96N12O16S2/c1-47(2)66(83-63(90)18-9-8-12-31-87-64(91)27-28-65(87)92)59(89)37-51(15-13-30-78-71(77)97)68(93)80-52-21-19-49(20-22-52)43-103-73(98)85(7)33-35-104-76-39-50(38-75(6,46-76)44-74(4,5)45-76)41-88-48(3)56(40-79-88)54-24-26-62(82-67(54)70(95)96)86-32-29-53-57(42-86)55(23-25-60(53)102-34-14-36-106(99,100)101)69(94)84-72-81-58-16-10-11-17-61(58)105-72/h10-11,16-17,19-28,40,47,50-51,66H,8-9,12-15,18,29-39,41-46H2,1-7H3,(H,80,93)(H,83,90)(H,95,96)(H3,77,78,97)(H,81,84,94)(H,99,100,101)/t50?,51-,66+,75?,76?/m1/s1. The summed E-state index contributed by atoms with van der Waals surface area (Å²) >= 11 is 1.34. The quantitative estimate of drug-likeness (QED) is 0.0110. The highest BCUT2D eigenvalue weighted by Gasteiger charge is 2.55. The van der Waals surface area contributed by atoms with Crippen molar-refractivity contribution in [3.8, 4) is 16.9 Å². The van der Waals surface area contributed by atoms with Crippen molar-refractivity contribution in [3.63, 3.8) is 0 Å². The summed E-state index contributed by atoms with van der Waals surface area (Å²) in [6.07, 6.45) is 10.4. The molecule has 5 atom stereocenters. The van der Waals surface area contributed by atoms with Gasteiger partial charge >= 0.3 is 18.1 Å². The van der Waals surface area contributed by atoms with Crippen LogP contribution in [-0.2, 0) is 69.7 Å². The molecule has 568 valence electrons. The molecule has 10 rings (SSSR count). The topological polar surface area (TPSA) is 383 Å². The summed E-state index contributed by atoms with van der Waals surface area (Å²) in [6.45, 7) is 14.4. The van der Waals surface area contributed by atoms with Crippen molar-refractivity contribution < 1.29 is 75.4 Å². The zero-order chi connectivity index (χ0) is 76.3. The fourth-order valence-electron chi connectivity index (χ4n) is 15.9. The number of urea groups is 1. The predicted octanol–water partition coefficient (Wildman–Crippen LogP) is 10.3. The molecule has 8 amide bonds. The van der Waals surface area contributed by atoms with E-state index < -0.39 is 63.3 Å². The van der Waals surface area contributed by atoms with Crippen molar-refractivity contribution >= 4 is 102 Å². The Bertz CT molecular complexity index is 4370. The number of benzene rings is 3. The molecular weight excluding hydrogens is 1400 g/mol. The number of aromatic nitrogens is 4. The van der Waals surface area contributed by atoms with Gasteiger partial charge in [0.2, 0.25) is 11.8 Å². The molecule has 3 aromatic heterocycles. The number of imide groups is 1. The van der Waals surface area contributed by atoms with Crippen molar-refractivity contribution in [3.05, 3.63) is 125 Å². The zero-order valence-corrected chi connectivity index (χ0v) is 62.7. The van der Waals surface area contributed by atoms with Crippen molar-refractivity contribution in [2.45, 2.75) is 163 Å². The highest BCUT2D eigenvalue weighted by molar-refractivity contribution is 7.85. The van der Waals surface area contributed by atoms with Gasteiger partial charge in [-0.25, -0.2) is 24.4 Å². The number of rotatable bonds is 35. The molecular formula is C76H96N12O16S2. The average molecular weight is 1500 g/mol. The number of ketones is 1. The molecule has 5 heterocycles. The summed E-state index contributed by atoms with van der Waals surface area (Å²) in [4.78, 5) is 131. The van der Waals surface area contributed by atoms with Crippen LogP contribution in [0, 0.1) is 35.5 Å². The molecule has 106 heavy (non-hydrogen) atoms. The lowest BCUT2D eigenvalue weighted by molar-refractivity contribution is -0.176. The molecule has 2 aliphatic carbocycles. The number of pyridine rings is 1. The molecule has 0 spiro atoms. The molecule has 6 aromatic rings. The van der Waals surface area contributed by atoms with E-state index in [9.17, 15) is 61.2 Å². The monoisotopic (exact) mass is 1500 g/mol. The SMILES string of the molecule is Cc1c(-c2ccc(N3CCc4c(OCCCS(=O)(=O)O)ccc(C(=O)Nc5nc6ccccc6s5)c4C3)nc2C(=O)O)cnn1CC1CC2(C)CC(C)(C)CC(OCCN(C)C(=O)OCc3ccc(NC(=O)[C@H](CCCNC(N)=O)CC(=O)[C@@H](NC(=O)CCCCCN4C(=O)C=CC4=O)C(C)C)cc3)(C1)C2. The summed E-state index contributed by atoms with van der Waals surface area (Å²) in [5.41, 5.74) is 9.80. The lowest BCUT2D eigenvalue weighted by Crippen LogP contribution is -2.54. The number of nitrogens with one attached hydrogen (secondary N) is 4. The Labute approximate surface area is 620 Å². The second kappa shape index (κ2) is 34.3. The van der Waals surface area contributed by atoms with Crippen molar-refractivity contribution in [1.82, 2.24) is 40.2 Å². The third kappa shape index (κ3) is 20.7. The highest BCUT2D eigenvalue weighted by Crippen LogP contribution is 2.60. The summed E-state index contributed by atoms with van der Waals surface area (Å²) in [5.74, 6) is -4.08. The van der Waals surface area contributed by atoms with Gasteiger partial charge in [-0.2, -0.15) is 13.5 Å². The van der Waals surface area contributed by atoms with Crippen LogP contribution in [-0.4, -0.2) is 165 Å². The molecule has 3 unspecified atom stereocenters. The molecule has 0 saturated heterocycles. The van der Waals surface area contributed by atoms with E-state index in [-0.39, 0.29) is 124 Å². The van der Waals surface area contributed by atoms with Crippen LogP contribution in [0.25, 0.3) is 21.3 Å². The van der Waals surface area contributed by atoms with Gasteiger partial charge in [0.05, 0.1) is 47.0 Å². The van der Waals surface area contributed by atoms with E-state index in [0.717, 1.165) is 58.5 Å². The number of para-hydroxylation sites is 1. The molecule has 2 aliphatic heterocycles. The number of nitrogens with zero attached hydrogens (tertiary/aromatic N) is 7. The number of carboxylic acids is 1. The third-order valence-corrected chi connectivity index (χ3v) is 21.9. The van der Waals surface area contributed by atoms with Gasteiger partial charge in [-0.3, -0.25) is 48.2 Å². The maximum absolute atomic E-state index is 14.1. The number of primary amides is 1. The molecule has 30 heteroatoms. The predicted molar refractivity (Wildman–Crippen MR) is 399 cm³/mol. The van der Waals surface area contributed by atoms with E-state index in [1.54, 1.807) is 75.6 Å². The van der Waals surface area contributed by atoms with Crippen LogP contribution in [0.5, 0.6) is 5.75 Å². The number of ether oxygens (including phenoxy) is 3. The normalized spacial score (nSPS) is 18.8. The van der Waals surface area contributed by atoms with E-state index in [0.29, 0.717) is 95.4 Å². The highest BCUT2D eigenvalue weighted by atomic mass is 32.2. The number of likely N-dealkylation sites (N-methyl/N-ethyl adjacent to an activating group) is 1. The number of anilines is 3. The molecule has 2 saturated carbocycles. The summed E-state index contributed by atoms with van der Waals surface area (Å²) in [6, 6.07) is 19.5. The van der Waals surface area contributed by atoms with Crippen LogP contribution in [0.3, 0.4) is 0 Å². The Morgan fingerprint density at radius 1 is 0.849 bits per heavy atom. The number of carboxylic acid groups (broad SMARTS) is 1. The van der Waals surface area contributed by atoms with Gasteiger partial charge < -0.3 is 50.8 Å². The van der Waals surface area contributed by atoms with Crippen LogP contribution >= 0.6 is 11.3 Å². The van der Waals surface area contributed by atoms with Gasteiger partial charge in [0, 0.05) is 111 Å². The molecule has 2 fully saturated rings. The van der Waals surface area contributed by atoms with E-state index in [2.05, 4.69) is 47.0 Å². The number of hydrogen-bond donors (Lipinski definition) is 7. The Morgan fingerprint density at radius 2 is 1.60 bits per heavy atom. The van der Waals surface area contributed by atoms with Crippen LogP contribution in [0.1, 0.15) is 161 Å². The minimum absolute atomic E-state index is 0.00409. The lowest BCUT2D eigenvalue weighted by atomic mass is 9.51. The average Bonchev–Trinajstić information content (AvgIpc) is 0.848. The molecule has 3 aromatic carbocycles. The second-order valence-electron chi connectivity index (χ2n) is 29.9. The smallest absolute Gasteiger partial charge is 0.409 e. The minimum Gasteiger partial charge on any atom is -0.493 e. The van der Waals surface area contributed by atoms with E-state index >= 15 is 0 Å². The largest absolute Gasteiger partial charge is 0.493 e. The lowest BCUT2D eigenvalue weighted by Gasteiger charge is -2.58. The number of aromatic carboxylic acids is 1. The van der Waals surface area contributed by atoms with Crippen LogP contribution < -0.4 is 36.6 Å². The van der Waals surface area contributed by atoms with Crippen molar-refractivity contribution in [2.24, 2.45) is 34.3 Å². The van der Waals surface area contributed by atoms with E-state index in [1.807, 2.05) is 40.8 Å². The molecule has 0 radical (unpaired) electrons. The van der Waals surface area contributed by atoms with Crippen molar-refractivity contribution in [1.29, 1.82) is 0 Å². The minimum atomic E-state index is -4.20. The van der Waals surface area contributed by atoms with E-state index in [4.69, 9.17) is 30.0 Å². The second-order valence-corrected chi connectivity index (χ2v) is 32.5. The first-order chi connectivity index (χ1) is 50.3. The number of carbonyl (C=O) groups is 9. The number of carbonyl (C=O) groups excluding carboxylic acids is 8. The van der Waals surface area contributed by atoms with E-state index in [1.165, 1.54) is 28.4 Å². The summed E-state index contributed by atoms with van der Waals surface area (Å²) in [7, 11) is -2.55. The number of nitrogens with two attached hydrogens (primary N) is 1. The number of hydrogen-bond acceptors (Lipinski definition) is 19. The first-order valence-electron chi connectivity index (χ1n) is 36.1. The molecule has 4 aliphatic rings. The Kier molecular flexibility index (Phi) is 25.5. The summed E-state index contributed by atoms with van der Waals surface area (Å²) in [5, 5.41) is 27.3. The molecule has 2 bridgehead atoms. The maximum atomic E-state index is 14.1. The van der Waals surface area contributed by atoms with Gasteiger partial charge in [0.1, 0.15) is 18.2 Å². The number of thiazole rings is 1. The fourth-order valence-corrected chi connectivity index (χ4v) is 17.2. The first-order valence-corrected chi connectivity index (χ1v) is 38.5. The number of Topliss-reactive ketones (excluding diaryl/α,β-unsaturated/α-hetero) is 1. The van der Waals surface area contributed by atoms with Crippen LogP contribution in [0.2, 0.25) is 0 Å². The molecule has 8 N–H and O–H groups in total. The van der Waals surface area contributed by atoms with Gasteiger partial charge in [-0.05, 0) is 160 Å². The maximum Gasteiger partial charge on any atom is 0.409 e. The fraction of sp³-hybridized carbons (Fsp3) is 0.500. The molecule has 28 nitrogen and oxygen atoms in total. The first kappa shape index (κ1) is 78.9. The van der Waals surface area contributed by atoms with Crippen LogP contribution in [0.15, 0.2) is 91.1 Å². The zero-order valence-electron chi connectivity index (χ0n) is 61.1. The van der Waals surface area contributed by atoms with Gasteiger partial charge in [-0.15, -0.1) is 0 Å². The van der Waals surface area contributed by atoms with Crippen LogP contribution in [0.4, 0.5) is 26.2 Å². The third-order valence-electron chi connectivity index (χ3n) is 20.2. The van der Waals surface area contributed by atoms with Gasteiger partial charge in [0.25, 0.3) is 27.8 Å². The Morgan fingerprint density at radius 3 is 2.32 bits per heavy atom. The Balaban J connectivity index is 0.728. The number of fused-ring (bicyclic) bond motifs is 4. The van der Waals surface area contributed by atoms with Gasteiger partial charge in [-0.1, -0.05) is 76.6 Å². The Hall–Kier alpha value is -9.65. The summed E-state index contributed by atoms with van der Waals surface area (Å²) < 4.78 is 53.9. The number of unbranched alkanes of at least 4 members (excludes halogenated alkanes) is 2. The van der Waals surface area contributed by atoms with Gasteiger partial charge in [0.15, 0.2) is 16.6 Å². The number of amides is 8.